The van der Waals surface area contributed by atoms with E-state index in [1.807, 2.05) is 6.92 Å². The quantitative estimate of drug-likeness (QED) is 0.482. The Balaban J connectivity index is 1.95. The molecule has 0 aliphatic carbocycles. The number of hydrogen-bond acceptors (Lipinski definition) is 6. The van der Waals surface area contributed by atoms with Gasteiger partial charge in [-0.1, -0.05) is 26.0 Å². The molecule has 0 atom stereocenters. The van der Waals surface area contributed by atoms with E-state index in [4.69, 9.17) is 9.15 Å². The molecule has 2 aromatic carbocycles. The maximum absolute atomic E-state index is 12.7. The minimum Gasteiger partial charge on any atom is -0.494 e. The molecule has 3 aromatic rings. The van der Waals surface area contributed by atoms with Gasteiger partial charge in [0.05, 0.1) is 23.6 Å². The van der Waals surface area contributed by atoms with Gasteiger partial charge in [-0.25, -0.2) is 13.2 Å². The van der Waals surface area contributed by atoms with Crippen LogP contribution in [0, 0.1) is 0 Å². The maximum atomic E-state index is 12.7. The van der Waals surface area contributed by atoms with Crippen LogP contribution in [-0.4, -0.2) is 42.8 Å². The van der Waals surface area contributed by atoms with Gasteiger partial charge in [-0.15, -0.1) is 0 Å². The van der Waals surface area contributed by atoms with Gasteiger partial charge in [0, 0.05) is 24.7 Å². The molecule has 30 heavy (non-hydrogen) atoms. The third kappa shape index (κ3) is 4.17. The SMILES string of the molecule is CCOc1cccc(C(=O)Cn2c(=O)oc3cc(S(=O)(=O)N(CC)CC)ccc32)c1. The number of nitrogens with zero attached hydrogens (tertiary/aromatic N) is 2. The van der Waals surface area contributed by atoms with Crippen molar-refractivity contribution in [1.29, 1.82) is 0 Å². The van der Waals surface area contributed by atoms with Crippen LogP contribution in [0.25, 0.3) is 11.1 Å². The second-order valence-electron chi connectivity index (χ2n) is 6.56. The van der Waals surface area contributed by atoms with Gasteiger partial charge in [-0.3, -0.25) is 9.36 Å². The van der Waals surface area contributed by atoms with Crippen LogP contribution in [0.3, 0.4) is 0 Å². The summed E-state index contributed by atoms with van der Waals surface area (Å²) < 4.78 is 38.6. The minimum atomic E-state index is -3.69. The Morgan fingerprint density at radius 3 is 2.50 bits per heavy atom. The number of sulfonamides is 1. The van der Waals surface area contributed by atoms with Gasteiger partial charge >= 0.3 is 5.76 Å². The van der Waals surface area contributed by atoms with Crippen LogP contribution in [-0.2, 0) is 16.6 Å². The average molecular weight is 432 g/mol. The summed E-state index contributed by atoms with van der Waals surface area (Å²) in [6.07, 6.45) is 0. The van der Waals surface area contributed by atoms with E-state index in [0.29, 0.717) is 36.5 Å². The van der Waals surface area contributed by atoms with Gasteiger partial charge < -0.3 is 9.15 Å². The number of carbonyl (C=O) groups excluding carboxylic acids is 1. The zero-order valence-electron chi connectivity index (χ0n) is 17.1. The van der Waals surface area contributed by atoms with E-state index >= 15 is 0 Å². The molecule has 0 aliphatic heterocycles. The number of oxazole rings is 1. The maximum Gasteiger partial charge on any atom is 0.420 e. The van der Waals surface area contributed by atoms with E-state index in [2.05, 4.69) is 0 Å². The van der Waals surface area contributed by atoms with Gasteiger partial charge in [-0.05, 0) is 31.2 Å². The van der Waals surface area contributed by atoms with Crippen molar-refractivity contribution in [2.75, 3.05) is 19.7 Å². The van der Waals surface area contributed by atoms with Gasteiger partial charge in [-0.2, -0.15) is 4.31 Å². The fourth-order valence-electron chi connectivity index (χ4n) is 3.23. The standard InChI is InChI=1S/C21H24N2O6S/c1-4-22(5-2)30(26,27)17-10-11-18-20(13-17)29-21(25)23(18)14-19(24)15-8-7-9-16(12-15)28-6-3/h7-13H,4-6,14H2,1-3H3. The topological polar surface area (TPSA) is 98.8 Å². The van der Waals surface area contributed by atoms with Crippen molar-refractivity contribution in [2.45, 2.75) is 32.2 Å². The largest absolute Gasteiger partial charge is 0.494 e. The first-order valence-electron chi connectivity index (χ1n) is 9.71. The number of ether oxygens (including phenoxy) is 1. The molecule has 0 bridgehead atoms. The van der Waals surface area contributed by atoms with Gasteiger partial charge in [0.15, 0.2) is 11.4 Å². The first kappa shape index (κ1) is 21.8. The van der Waals surface area contributed by atoms with Crippen LogP contribution in [0.1, 0.15) is 31.1 Å². The zero-order chi connectivity index (χ0) is 21.9. The van der Waals surface area contributed by atoms with Crippen molar-refractivity contribution in [1.82, 2.24) is 8.87 Å². The number of ketones is 1. The molecule has 1 aromatic heterocycles. The van der Waals surface area contributed by atoms with Crippen molar-refractivity contribution < 1.29 is 22.4 Å². The molecule has 160 valence electrons. The van der Waals surface area contributed by atoms with Crippen LogP contribution in [0.4, 0.5) is 0 Å². The fourth-order valence-corrected chi connectivity index (χ4v) is 4.70. The summed E-state index contributed by atoms with van der Waals surface area (Å²) in [5, 5.41) is 0. The Hall–Kier alpha value is -2.91. The predicted octanol–water partition coefficient (Wildman–Crippen LogP) is 2.91. The third-order valence-corrected chi connectivity index (χ3v) is 6.80. The Labute approximate surface area is 174 Å². The molecule has 0 fully saturated rings. The third-order valence-electron chi connectivity index (χ3n) is 4.75. The van der Waals surface area contributed by atoms with Crippen LogP contribution >= 0.6 is 0 Å². The summed E-state index contributed by atoms with van der Waals surface area (Å²) in [6.45, 7) is 6.26. The number of carbonyl (C=O) groups is 1. The highest BCUT2D eigenvalue weighted by Gasteiger charge is 2.23. The van der Waals surface area contributed by atoms with E-state index in [0.717, 1.165) is 0 Å². The van der Waals surface area contributed by atoms with Gasteiger partial charge in [0.25, 0.3) is 0 Å². The monoisotopic (exact) mass is 432 g/mol. The summed E-state index contributed by atoms with van der Waals surface area (Å²) >= 11 is 0. The Bertz CT molecular complexity index is 1220. The number of rotatable bonds is 9. The molecule has 0 amide bonds. The summed E-state index contributed by atoms with van der Waals surface area (Å²) in [6, 6.07) is 10.9. The van der Waals surface area contributed by atoms with Crippen molar-refractivity contribution in [3.05, 3.63) is 58.6 Å². The molecule has 1 heterocycles. The predicted molar refractivity (Wildman–Crippen MR) is 113 cm³/mol. The zero-order valence-corrected chi connectivity index (χ0v) is 17.9. The highest BCUT2D eigenvalue weighted by molar-refractivity contribution is 7.89. The number of hydrogen-bond donors (Lipinski definition) is 0. The molecule has 0 N–H and O–H groups in total. The first-order valence-corrected chi connectivity index (χ1v) is 11.1. The summed E-state index contributed by atoms with van der Waals surface area (Å²) in [7, 11) is -3.69. The average Bonchev–Trinajstić information content (AvgIpc) is 3.03. The Kier molecular flexibility index (Phi) is 6.42. The lowest BCUT2D eigenvalue weighted by Gasteiger charge is -2.18. The lowest BCUT2D eigenvalue weighted by atomic mass is 10.1. The molecule has 0 radical (unpaired) electrons. The van der Waals surface area contributed by atoms with Crippen molar-refractivity contribution in [3.8, 4) is 5.75 Å². The summed E-state index contributed by atoms with van der Waals surface area (Å²) in [4.78, 5) is 25.1. The van der Waals surface area contributed by atoms with Crippen LogP contribution < -0.4 is 10.5 Å². The lowest BCUT2D eigenvalue weighted by Crippen LogP contribution is -2.30. The van der Waals surface area contributed by atoms with E-state index in [1.165, 1.54) is 27.1 Å². The van der Waals surface area contributed by atoms with Crippen molar-refractivity contribution in [3.63, 3.8) is 0 Å². The normalized spacial score (nSPS) is 11.9. The van der Waals surface area contributed by atoms with E-state index in [1.54, 1.807) is 38.1 Å². The summed E-state index contributed by atoms with van der Waals surface area (Å²) in [5.74, 6) is -0.447. The molecular weight excluding hydrogens is 408 g/mol. The lowest BCUT2D eigenvalue weighted by molar-refractivity contribution is 0.0970. The second-order valence-corrected chi connectivity index (χ2v) is 8.49. The Morgan fingerprint density at radius 2 is 1.83 bits per heavy atom. The molecular formula is C21H24N2O6S. The second kappa shape index (κ2) is 8.85. The number of fused-ring (bicyclic) bond motifs is 1. The van der Waals surface area contributed by atoms with E-state index in [-0.39, 0.29) is 22.8 Å². The fraction of sp³-hybridized carbons (Fsp3) is 0.333. The van der Waals surface area contributed by atoms with Crippen LogP contribution in [0.2, 0.25) is 0 Å². The van der Waals surface area contributed by atoms with Crippen LogP contribution in [0.15, 0.2) is 56.6 Å². The molecule has 3 rings (SSSR count). The van der Waals surface area contributed by atoms with Crippen molar-refractivity contribution >= 4 is 26.9 Å². The molecule has 0 saturated carbocycles. The van der Waals surface area contributed by atoms with Crippen LogP contribution in [0.5, 0.6) is 5.75 Å². The molecule has 0 saturated heterocycles. The smallest absolute Gasteiger partial charge is 0.420 e. The van der Waals surface area contributed by atoms with E-state index < -0.39 is 15.8 Å². The minimum absolute atomic E-state index is 0.0374. The highest BCUT2D eigenvalue weighted by atomic mass is 32.2. The highest BCUT2D eigenvalue weighted by Crippen LogP contribution is 2.22. The molecule has 0 unspecified atom stereocenters. The molecule has 0 aliphatic rings. The number of Topliss-reactive ketones (excluding diaryl/α,β-unsaturated/α-hetero) is 1. The molecule has 0 spiro atoms. The van der Waals surface area contributed by atoms with Gasteiger partial charge in [0.2, 0.25) is 10.0 Å². The number of benzene rings is 2. The molecule has 8 nitrogen and oxygen atoms in total. The Morgan fingerprint density at radius 1 is 1.10 bits per heavy atom. The number of aromatic nitrogens is 1. The van der Waals surface area contributed by atoms with Crippen molar-refractivity contribution in [2.24, 2.45) is 0 Å². The molecule has 9 heteroatoms. The van der Waals surface area contributed by atoms with E-state index in [9.17, 15) is 18.0 Å². The van der Waals surface area contributed by atoms with Gasteiger partial charge in [0.1, 0.15) is 5.75 Å². The first-order chi connectivity index (χ1) is 14.3. The summed E-state index contributed by atoms with van der Waals surface area (Å²) in [5.41, 5.74) is 0.875.